The van der Waals surface area contributed by atoms with Gasteiger partial charge in [-0.3, -0.25) is 9.78 Å². The summed E-state index contributed by atoms with van der Waals surface area (Å²) in [7, 11) is 3.41. The van der Waals surface area contributed by atoms with Crippen molar-refractivity contribution < 1.29 is 26.7 Å². The van der Waals surface area contributed by atoms with Gasteiger partial charge in [-0.2, -0.15) is 13.2 Å². The van der Waals surface area contributed by atoms with E-state index in [0.29, 0.717) is 11.8 Å². The van der Waals surface area contributed by atoms with E-state index in [4.69, 9.17) is 0 Å². The number of hydrogen-bond acceptors (Lipinski definition) is 3. The second-order valence-corrected chi connectivity index (χ2v) is 4.90. The van der Waals surface area contributed by atoms with Gasteiger partial charge in [-0.05, 0) is 24.3 Å². The number of Topliss-reactive ketones (excluding diaryl/α,β-unsaturated/α-hetero) is 1. The number of nitrogens with zero attached hydrogens (tertiary/aromatic N) is 2. The minimum Gasteiger partial charge on any atom is -0.378 e. The van der Waals surface area contributed by atoms with Gasteiger partial charge < -0.3 is 4.90 Å². The van der Waals surface area contributed by atoms with Crippen molar-refractivity contribution in [1.82, 2.24) is 4.98 Å². The van der Waals surface area contributed by atoms with E-state index in [1.54, 1.807) is 25.1 Å². The van der Waals surface area contributed by atoms with Crippen molar-refractivity contribution in [1.29, 1.82) is 0 Å². The van der Waals surface area contributed by atoms with Crippen LogP contribution >= 0.6 is 0 Å². The van der Waals surface area contributed by atoms with Gasteiger partial charge in [-0.25, -0.2) is 8.78 Å². The van der Waals surface area contributed by atoms with Gasteiger partial charge in [-0.1, -0.05) is 0 Å². The minimum atomic E-state index is -5.38. The Labute approximate surface area is 128 Å². The Morgan fingerprint density at radius 2 is 1.78 bits per heavy atom. The van der Waals surface area contributed by atoms with E-state index in [2.05, 4.69) is 4.98 Å². The van der Waals surface area contributed by atoms with Crippen LogP contribution in [0.2, 0.25) is 0 Å². The van der Waals surface area contributed by atoms with Crippen LogP contribution in [0.5, 0.6) is 0 Å². The molecular formula is C15H11F5N2O. The molecule has 1 aromatic heterocycles. The molecule has 2 rings (SSSR count). The minimum absolute atomic E-state index is 0.00933. The maximum Gasteiger partial charge on any atom is 0.455 e. The molecule has 0 radical (unpaired) electrons. The van der Waals surface area contributed by atoms with Gasteiger partial charge in [0.1, 0.15) is 11.6 Å². The summed E-state index contributed by atoms with van der Waals surface area (Å²) in [5.41, 5.74) is -1.41. The van der Waals surface area contributed by atoms with Gasteiger partial charge in [0.15, 0.2) is 0 Å². The second kappa shape index (κ2) is 5.94. The molecule has 0 fully saturated rings. The number of ketones is 1. The molecule has 0 aliphatic rings. The first kappa shape index (κ1) is 16.9. The Bertz CT molecular complexity index is 756. The Balaban J connectivity index is 2.63. The quantitative estimate of drug-likeness (QED) is 0.633. The summed E-state index contributed by atoms with van der Waals surface area (Å²) >= 11 is 0. The summed E-state index contributed by atoms with van der Waals surface area (Å²) in [6.07, 6.45) is -4.04. The number of halogens is 5. The Morgan fingerprint density at radius 1 is 1.13 bits per heavy atom. The van der Waals surface area contributed by atoms with Crippen LogP contribution in [0.3, 0.4) is 0 Å². The lowest BCUT2D eigenvalue weighted by atomic mass is 10.0. The van der Waals surface area contributed by atoms with Crippen LogP contribution in [0.15, 0.2) is 30.5 Å². The van der Waals surface area contributed by atoms with Crippen molar-refractivity contribution in [3.8, 4) is 11.3 Å². The zero-order chi connectivity index (χ0) is 17.4. The van der Waals surface area contributed by atoms with Crippen molar-refractivity contribution >= 4 is 11.5 Å². The van der Waals surface area contributed by atoms with E-state index in [-0.39, 0.29) is 11.3 Å². The first-order valence-electron chi connectivity index (χ1n) is 6.36. The van der Waals surface area contributed by atoms with Gasteiger partial charge >= 0.3 is 6.18 Å². The van der Waals surface area contributed by atoms with Crippen molar-refractivity contribution in [2.24, 2.45) is 0 Å². The molecule has 0 atom stereocenters. The largest absolute Gasteiger partial charge is 0.455 e. The highest BCUT2D eigenvalue weighted by Crippen LogP contribution is 2.31. The summed E-state index contributed by atoms with van der Waals surface area (Å²) < 4.78 is 65.3. The summed E-state index contributed by atoms with van der Waals surface area (Å²) in [5.74, 6) is -5.73. The molecular weight excluding hydrogens is 319 g/mol. The number of benzene rings is 1. The van der Waals surface area contributed by atoms with Gasteiger partial charge in [0.25, 0.3) is 5.78 Å². The molecule has 0 bridgehead atoms. The summed E-state index contributed by atoms with van der Waals surface area (Å²) in [4.78, 5) is 16.8. The number of alkyl halides is 3. The smallest absolute Gasteiger partial charge is 0.378 e. The van der Waals surface area contributed by atoms with E-state index >= 15 is 0 Å². The molecule has 0 saturated heterocycles. The fourth-order valence-electron chi connectivity index (χ4n) is 1.95. The molecule has 0 spiro atoms. The molecule has 0 unspecified atom stereocenters. The lowest BCUT2D eigenvalue weighted by molar-refractivity contribution is -0.0890. The molecule has 0 N–H and O–H groups in total. The first-order chi connectivity index (χ1) is 10.6. The molecule has 0 saturated carbocycles. The molecule has 0 amide bonds. The molecule has 2 aromatic rings. The number of pyridine rings is 1. The third-order valence-corrected chi connectivity index (χ3v) is 3.11. The Morgan fingerprint density at radius 3 is 2.35 bits per heavy atom. The number of anilines is 1. The highest BCUT2D eigenvalue weighted by atomic mass is 19.4. The highest BCUT2D eigenvalue weighted by Gasteiger charge is 2.43. The molecule has 0 aliphatic carbocycles. The lowest BCUT2D eigenvalue weighted by Crippen LogP contribution is -2.25. The maximum atomic E-state index is 14.3. The number of hydrogen-bond donors (Lipinski definition) is 0. The van der Waals surface area contributed by atoms with E-state index in [1.807, 2.05) is 0 Å². The van der Waals surface area contributed by atoms with Gasteiger partial charge in [0.2, 0.25) is 0 Å². The van der Waals surface area contributed by atoms with Gasteiger partial charge in [-0.15, -0.1) is 0 Å². The van der Waals surface area contributed by atoms with Crippen LogP contribution in [0.1, 0.15) is 10.4 Å². The predicted molar refractivity (Wildman–Crippen MR) is 74.3 cm³/mol. The molecule has 3 nitrogen and oxygen atoms in total. The monoisotopic (exact) mass is 330 g/mol. The van der Waals surface area contributed by atoms with Crippen molar-refractivity contribution in [2.45, 2.75) is 6.18 Å². The predicted octanol–water partition coefficient (Wildman–Crippen LogP) is 3.84. The molecule has 23 heavy (non-hydrogen) atoms. The zero-order valence-electron chi connectivity index (χ0n) is 12.1. The summed E-state index contributed by atoms with van der Waals surface area (Å²) in [6.45, 7) is 0. The lowest BCUT2D eigenvalue weighted by Gasteiger charge is -2.14. The third-order valence-electron chi connectivity index (χ3n) is 3.11. The second-order valence-electron chi connectivity index (χ2n) is 4.90. The van der Waals surface area contributed by atoms with Crippen LogP contribution in [-0.4, -0.2) is 31.0 Å². The van der Waals surface area contributed by atoms with E-state index in [0.717, 1.165) is 6.07 Å². The van der Waals surface area contributed by atoms with Crippen molar-refractivity contribution in [3.63, 3.8) is 0 Å². The summed E-state index contributed by atoms with van der Waals surface area (Å²) in [6, 6.07) is 4.58. The van der Waals surface area contributed by atoms with Gasteiger partial charge in [0.05, 0.1) is 11.3 Å². The summed E-state index contributed by atoms with van der Waals surface area (Å²) in [5, 5.41) is 0. The molecule has 1 aromatic carbocycles. The molecule has 122 valence electrons. The zero-order valence-corrected chi connectivity index (χ0v) is 12.1. The fourth-order valence-corrected chi connectivity index (χ4v) is 1.95. The van der Waals surface area contributed by atoms with Crippen molar-refractivity contribution in [3.05, 3.63) is 47.7 Å². The van der Waals surface area contributed by atoms with Crippen molar-refractivity contribution in [2.75, 3.05) is 19.0 Å². The first-order valence-corrected chi connectivity index (χ1v) is 6.36. The standard InChI is InChI=1S/C15H11F5N2O/c1-22(2)8-5-6-21-11(7-8)9-3-4-10(16)12(13(9)17)14(23)15(18,19)20/h3-7H,1-2H3. The van der Waals surface area contributed by atoms with Crippen LogP contribution in [0.25, 0.3) is 11.3 Å². The van der Waals surface area contributed by atoms with E-state index in [1.165, 1.54) is 12.3 Å². The van der Waals surface area contributed by atoms with E-state index < -0.39 is 29.2 Å². The van der Waals surface area contributed by atoms with E-state index in [9.17, 15) is 26.7 Å². The van der Waals surface area contributed by atoms with Crippen LogP contribution in [0, 0.1) is 11.6 Å². The third kappa shape index (κ3) is 3.30. The van der Waals surface area contributed by atoms with Gasteiger partial charge in [0, 0.05) is 31.5 Å². The molecule has 0 aliphatic heterocycles. The number of rotatable bonds is 3. The topological polar surface area (TPSA) is 33.2 Å². The fraction of sp³-hybridized carbons (Fsp3) is 0.200. The number of carbonyl (C=O) groups excluding carboxylic acids is 1. The average Bonchev–Trinajstić information content (AvgIpc) is 2.46. The highest BCUT2D eigenvalue weighted by molar-refractivity contribution is 6.01. The van der Waals surface area contributed by atoms with Crippen LogP contribution in [-0.2, 0) is 0 Å². The number of aromatic nitrogens is 1. The SMILES string of the molecule is CN(C)c1ccnc(-c2ccc(F)c(C(=O)C(F)(F)F)c2F)c1. The maximum absolute atomic E-state index is 14.3. The average molecular weight is 330 g/mol. The Kier molecular flexibility index (Phi) is 4.35. The molecule has 1 heterocycles. The number of carbonyl (C=O) groups is 1. The van der Waals surface area contributed by atoms with Crippen LogP contribution < -0.4 is 4.90 Å². The normalized spacial score (nSPS) is 11.4. The Hall–Kier alpha value is -2.51. The van der Waals surface area contributed by atoms with Crippen LogP contribution in [0.4, 0.5) is 27.6 Å². The molecule has 8 heteroatoms.